The van der Waals surface area contributed by atoms with Crippen molar-refractivity contribution in [3.05, 3.63) is 202 Å². The molecule has 12 N–H and O–H groups in total. The second-order valence-corrected chi connectivity index (χ2v) is 35.1. The van der Waals surface area contributed by atoms with E-state index in [1.807, 2.05) is 147 Å². The van der Waals surface area contributed by atoms with Gasteiger partial charge >= 0.3 is 24.3 Å². The fraction of sp³-hybridized carbons (Fsp3) is 0.469. The summed E-state index contributed by atoms with van der Waals surface area (Å²) >= 11 is 1.46. The summed E-state index contributed by atoms with van der Waals surface area (Å²) in [6.07, 6.45) is 0.878. The van der Waals surface area contributed by atoms with E-state index in [9.17, 15) is 57.5 Å². The number of nitrogens with zero attached hydrogens (tertiary/aromatic N) is 3. The van der Waals surface area contributed by atoms with E-state index in [2.05, 4.69) is 58.2 Å². The van der Waals surface area contributed by atoms with Gasteiger partial charge in [-0.25, -0.2) is 24.2 Å². The standard InChI is InChI=1S/C96H124N14O17S/c1-13-59(6)83(78(123-11)52-80(112)110-49-28-41-77(110)84(124-12)60(7)85(113)105-76(89-98-48-50-128-89)51-61-29-15-14-16-30-61)109(10)90(117)82(58(4)5)107-91(118)96(8,9)108-95(122)125-54-62-42-44-63(45-43-62)102-86(114)75(40-27-47-99-92(97)119)104-88(116)81(57(2)3)106-87(115)74(39-25-26-46-100-93(120)126-55-72-68-35-21-17-31-64(68)65-32-18-22-36-69(65)72)103-79(111)53-101-94(121)127-56-73-70-37-23-19-33-66(70)67-34-20-24-38-71(67)73/h14-24,29-38,42-45,48,50,57-60,72-78,81-84H,13,25-28,39-41,46-47,49,51-56H2,1-12H3,(H,100,120)(H,101,121)(H,102,114)(H,103,111)(H,104,116)(H,105,113)(H,106,115)(H,107,118)(H,108,122)(H3,97,99,119)/t59-,60+,74-,75-,76-,77-,78+,81-,82-,83-,84+/m0/s1. The van der Waals surface area contributed by atoms with Crippen molar-refractivity contribution < 1.29 is 81.2 Å². The van der Waals surface area contributed by atoms with Crippen LogP contribution >= 0.6 is 11.3 Å². The highest BCUT2D eigenvalue weighted by Gasteiger charge is 2.45. The quantitative estimate of drug-likeness (QED) is 0.0125. The minimum atomic E-state index is -1.64. The van der Waals surface area contributed by atoms with Gasteiger partial charge < -0.3 is 92.4 Å². The lowest BCUT2D eigenvalue weighted by Gasteiger charge is -2.41. The van der Waals surface area contributed by atoms with E-state index >= 15 is 0 Å². The normalized spacial score (nSPS) is 15.7. The Hall–Kier alpha value is -12.3. The second kappa shape index (κ2) is 47.0. The number of aromatic nitrogens is 1. The number of methoxy groups -OCH3 is 2. The number of anilines is 1. The average molecular weight is 1780 g/mol. The predicted octanol–water partition coefficient (Wildman–Crippen LogP) is 11.1. The van der Waals surface area contributed by atoms with Crippen molar-refractivity contribution in [1.29, 1.82) is 0 Å². The molecule has 10 rings (SSSR count). The lowest BCUT2D eigenvalue weighted by atomic mass is 9.89. The SMILES string of the molecule is CC[C@H](C)[C@@H]([C@@H](CC(=O)N1CCC[C@H]1[C@H](OC)[C@@H](C)C(=O)N[C@@H](Cc1ccccc1)c1nccs1)OC)N(C)C(=O)[C@@H](NC(=O)C(C)(C)NC(=O)OCc1ccc(NC(=O)[C@H](CCCNC(N)=O)NC(=O)[C@@H](NC(=O)[C@H](CCCCNC(=O)OCC2c3ccccc3-c3ccccc32)NC(=O)CNC(=O)OCC2c3ccccc3-c3ccccc32)C(C)C)cc1)C(C)C. The second-order valence-electron chi connectivity index (χ2n) is 34.2. The van der Waals surface area contributed by atoms with Crippen LogP contribution in [0.15, 0.2) is 163 Å². The van der Waals surface area contributed by atoms with Gasteiger partial charge in [0.25, 0.3) is 0 Å². The van der Waals surface area contributed by atoms with Crippen molar-refractivity contribution in [3.8, 4) is 22.3 Å². The molecular formula is C96H124N14O17S. The zero-order chi connectivity index (χ0) is 92.3. The maximum Gasteiger partial charge on any atom is 0.408 e. The fourth-order valence-corrected chi connectivity index (χ4v) is 17.7. The van der Waals surface area contributed by atoms with Crippen LogP contribution in [0, 0.1) is 23.7 Å². The molecule has 13 amide bonds. The number of alkyl carbamates (subject to hydrolysis) is 3. The maximum atomic E-state index is 14.9. The Balaban J connectivity index is 0.717. The lowest BCUT2D eigenvalue weighted by Crippen LogP contribution is -2.62. The third-order valence-electron chi connectivity index (χ3n) is 24.2. The molecule has 1 aromatic heterocycles. The first-order valence-corrected chi connectivity index (χ1v) is 44.9. The van der Waals surface area contributed by atoms with Gasteiger partial charge in [-0.3, -0.25) is 38.4 Å². The average Bonchev–Trinajstić information content (AvgIpc) is 1.61. The Morgan fingerprint density at radius 1 is 0.578 bits per heavy atom. The third kappa shape index (κ3) is 26.2. The number of likely N-dealkylation sites (N-methyl/N-ethyl adjacent to an activating group) is 1. The summed E-state index contributed by atoms with van der Waals surface area (Å²) in [6.45, 7) is 15.4. The highest BCUT2D eigenvalue weighted by molar-refractivity contribution is 7.09. The topological polar surface area (TPSA) is 417 Å². The van der Waals surface area contributed by atoms with E-state index in [0.717, 1.165) is 55.1 Å². The Bertz CT molecular complexity index is 4870. The van der Waals surface area contributed by atoms with Crippen LogP contribution in [-0.2, 0) is 75.1 Å². The number of thiazole rings is 1. The summed E-state index contributed by atoms with van der Waals surface area (Å²) in [7, 11) is 4.68. The molecule has 1 saturated heterocycles. The van der Waals surface area contributed by atoms with Crippen molar-refractivity contribution in [1.82, 2.24) is 62.6 Å². The molecule has 7 aromatic rings. The number of primary amides is 1. The first-order valence-electron chi connectivity index (χ1n) is 44.0. The van der Waals surface area contributed by atoms with E-state index in [-0.39, 0.29) is 106 Å². The van der Waals surface area contributed by atoms with E-state index in [0.29, 0.717) is 44.2 Å². The summed E-state index contributed by atoms with van der Waals surface area (Å²) in [5.41, 5.74) is 13.8. The zero-order valence-corrected chi connectivity index (χ0v) is 75.9. The number of hydrogen-bond donors (Lipinski definition) is 11. The third-order valence-corrected chi connectivity index (χ3v) is 25.1. The van der Waals surface area contributed by atoms with Crippen molar-refractivity contribution >= 4 is 88.6 Å². The fourth-order valence-electron chi connectivity index (χ4n) is 17.0. The van der Waals surface area contributed by atoms with Gasteiger partial charge in [0.15, 0.2) is 0 Å². The first kappa shape index (κ1) is 97.9. The molecule has 0 spiro atoms. The number of nitrogens with two attached hydrogens (primary N) is 1. The number of nitrogens with one attached hydrogen (secondary N) is 10. The molecule has 3 aliphatic rings. The summed E-state index contributed by atoms with van der Waals surface area (Å²) < 4.78 is 29.2. The van der Waals surface area contributed by atoms with Gasteiger partial charge in [-0.15, -0.1) is 11.3 Å². The lowest BCUT2D eigenvalue weighted by molar-refractivity contribution is -0.148. The predicted molar refractivity (Wildman–Crippen MR) is 486 cm³/mol. The smallest absolute Gasteiger partial charge is 0.408 e. The van der Waals surface area contributed by atoms with Crippen LogP contribution in [0.3, 0.4) is 0 Å². The summed E-state index contributed by atoms with van der Waals surface area (Å²) in [5, 5.41) is 30.2. The number of benzene rings is 6. The van der Waals surface area contributed by atoms with Gasteiger partial charge in [-0.1, -0.05) is 194 Å². The van der Waals surface area contributed by atoms with Gasteiger partial charge in [0.1, 0.15) is 61.1 Å². The van der Waals surface area contributed by atoms with Crippen LogP contribution in [0.2, 0.25) is 0 Å². The number of unbranched alkanes of at least 4 members (excludes halogenated alkanes) is 1. The van der Waals surface area contributed by atoms with Crippen LogP contribution in [0.25, 0.3) is 22.3 Å². The minimum Gasteiger partial charge on any atom is -0.449 e. The molecule has 0 unspecified atom stereocenters. The maximum absolute atomic E-state index is 14.9. The summed E-state index contributed by atoms with van der Waals surface area (Å²) in [4.78, 5) is 175. The van der Waals surface area contributed by atoms with Crippen LogP contribution in [0.1, 0.15) is 176 Å². The molecule has 1 fully saturated rings. The molecule has 6 aromatic carbocycles. The summed E-state index contributed by atoms with van der Waals surface area (Å²) in [6, 6.07) is 40.5. The Labute approximate surface area is 752 Å². The van der Waals surface area contributed by atoms with Gasteiger partial charge in [0.05, 0.1) is 42.7 Å². The van der Waals surface area contributed by atoms with Gasteiger partial charge in [0, 0.05) is 70.0 Å². The largest absolute Gasteiger partial charge is 0.449 e. The van der Waals surface area contributed by atoms with Crippen molar-refractivity contribution in [2.24, 2.45) is 29.4 Å². The van der Waals surface area contributed by atoms with Gasteiger partial charge in [-0.05, 0) is 151 Å². The van der Waals surface area contributed by atoms with Gasteiger partial charge in [-0.2, -0.15) is 0 Å². The number of likely N-dealkylation sites (tertiary alicyclic amines) is 1. The molecular weight excluding hydrogens is 1650 g/mol. The van der Waals surface area contributed by atoms with Crippen LogP contribution in [0.5, 0.6) is 0 Å². The molecule has 0 radical (unpaired) electrons. The molecule has 2 heterocycles. The molecule has 31 nitrogen and oxygen atoms in total. The number of carbonyl (C=O) groups is 12. The van der Waals surface area contributed by atoms with Crippen LogP contribution in [0.4, 0.5) is 24.9 Å². The minimum absolute atomic E-state index is 0.0136. The van der Waals surface area contributed by atoms with E-state index < -0.39 is 138 Å². The molecule has 1 aliphatic heterocycles. The number of ether oxygens (including phenoxy) is 5. The molecule has 686 valence electrons. The van der Waals surface area contributed by atoms with Gasteiger partial charge in [0.2, 0.25) is 47.3 Å². The monoisotopic (exact) mass is 1780 g/mol. The van der Waals surface area contributed by atoms with E-state index in [1.54, 1.807) is 72.0 Å². The summed E-state index contributed by atoms with van der Waals surface area (Å²) in [5.74, 6) is -6.87. The number of hydrogen-bond acceptors (Lipinski definition) is 19. The number of amides is 13. The number of carbonyl (C=O) groups excluding carboxylic acids is 12. The zero-order valence-electron chi connectivity index (χ0n) is 75.0. The Morgan fingerprint density at radius 3 is 1.68 bits per heavy atom. The number of rotatable bonds is 45. The van der Waals surface area contributed by atoms with Crippen LogP contribution < -0.4 is 58.9 Å². The van der Waals surface area contributed by atoms with E-state index in [1.165, 1.54) is 49.3 Å². The highest BCUT2D eigenvalue weighted by Crippen LogP contribution is 2.46. The Morgan fingerprint density at radius 2 is 1.13 bits per heavy atom. The number of urea groups is 1. The first-order chi connectivity index (χ1) is 61.4. The Kier molecular flexibility index (Phi) is 35.9. The van der Waals surface area contributed by atoms with Crippen molar-refractivity contribution in [3.63, 3.8) is 0 Å². The molecule has 11 atom stereocenters. The van der Waals surface area contributed by atoms with E-state index in [4.69, 9.17) is 29.4 Å². The molecule has 0 bridgehead atoms. The highest BCUT2D eigenvalue weighted by atomic mass is 32.1. The molecule has 128 heavy (non-hydrogen) atoms. The molecule has 0 saturated carbocycles. The van der Waals surface area contributed by atoms with Crippen molar-refractivity contribution in [2.75, 3.05) is 66.0 Å². The molecule has 2 aliphatic carbocycles. The van der Waals surface area contributed by atoms with Crippen molar-refractivity contribution in [2.45, 2.75) is 205 Å². The molecule has 32 heteroatoms. The number of fused-ring (bicyclic) bond motifs is 6. The van der Waals surface area contributed by atoms with Crippen LogP contribution in [-0.4, -0.2) is 201 Å².